The number of ketones is 1. The molecule has 0 saturated carbocycles. The lowest BCUT2D eigenvalue weighted by molar-refractivity contribution is -0.132. The highest BCUT2D eigenvalue weighted by molar-refractivity contribution is 7.22. The number of hydrogen-bond donors (Lipinski definition) is 1. The predicted molar refractivity (Wildman–Crippen MR) is 155 cm³/mol. The van der Waals surface area contributed by atoms with E-state index in [-0.39, 0.29) is 22.9 Å². The van der Waals surface area contributed by atoms with Gasteiger partial charge in [0.15, 0.2) is 5.13 Å². The fraction of sp³-hybridized carbons (Fsp3) is 0.281. The van der Waals surface area contributed by atoms with Gasteiger partial charge < -0.3 is 9.84 Å². The average molecular weight is 539 g/mol. The predicted octanol–water partition coefficient (Wildman–Crippen LogP) is 6.85. The second kappa shape index (κ2) is 9.06. The highest BCUT2D eigenvalue weighted by atomic mass is 32.1. The zero-order chi connectivity index (χ0) is 27.6. The van der Waals surface area contributed by atoms with E-state index < -0.39 is 17.7 Å². The molecule has 1 fully saturated rings. The number of carbonyl (C=O) groups is 2. The first kappa shape index (κ1) is 25.3. The molecule has 1 saturated heterocycles. The van der Waals surface area contributed by atoms with Crippen LogP contribution in [0.4, 0.5) is 5.13 Å². The molecule has 0 spiro atoms. The second-order valence-electron chi connectivity index (χ2n) is 11.5. The summed E-state index contributed by atoms with van der Waals surface area (Å²) in [6.07, 6.45) is 0.764. The van der Waals surface area contributed by atoms with Gasteiger partial charge >= 0.3 is 5.91 Å². The number of aromatic nitrogens is 1. The van der Waals surface area contributed by atoms with E-state index in [1.54, 1.807) is 6.07 Å². The number of fused-ring (bicyclic) bond motifs is 2. The zero-order valence-corrected chi connectivity index (χ0v) is 23.4. The number of aryl methyl sites for hydroxylation is 1. The van der Waals surface area contributed by atoms with Gasteiger partial charge in [0.1, 0.15) is 17.6 Å². The Balaban J connectivity index is 1.53. The van der Waals surface area contributed by atoms with Crippen LogP contribution in [-0.4, -0.2) is 27.9 Å². The van der Waals surface area contributed by atoms with Gasteiger partial charge in [0.2, 0.25) is 0 Å². The van der Waals surface area contributed by atoms with Gasteiger partial charge in [0, 0.05) is 12.0 Å². The van der Waals surface area contributed by atoms with Crippen molar-refractivity contribution in [2.45, 2.75) is 58.6 Å². The number of rotatable bonds is 3. The van der Waals surface area contributed by atoms with E-state index in [0.29, 0.717) is 17.1 Å². The molecular formula is C32H30N2O4S. The number of thiazole rings is 1. The number of amides is 1. The maximum Gasteiger partial charge on any atom is 0.301 e. The van der Waals surface area contributed by atoms with E-state index >= 15 is 0 Å². The quantitative estimate of drug-likeness (QED) is 0.175. The Morgan fingerprint density at radius 1 is 1.05 bits per heavy atom. The standard InChI is InChI=1S/C32H30N2O4S/c1-17-6-12-23-25(14-17)39-31(33-23)34-27(19-7-10-22(11-8-19)32(3,4)5)26(29(36)30(34)37)28(35)20-9-13-24-21(16-20)15-18(2)38-24/h6-14,16,18,27,35H,15H2,1-5H3/b28-26+. The third-order valence-corrected chi connectivity index (χ3v) is 8.46. The van der Waals surface area contributed by atoms with Crippen molar-refractivity contribution in [3.63, 3.8) is 0 Å². The van der Waals surface area contributed by atoms with Crippen molar-refractivity contribution in [3.8, 4) is 5.75 Å². The first-order valence-corrected chi connectivity index (χ1v) is 13.9. The molecule has 39 heavy (non-hydrogen) atoms. The Bertz CT molecular complexity index is 1680. The van der Waals surface area contributed by atoms with Crippen molar-refractivity contribution in [2.75, 3.05) is 4.90 Å². The molecule has 1 aromatic heterocycles. The van der Waals surface area contributed by atoms with Crippen LogP contribution in [0, 0.1) is 6.92 Å². The summed E-state index contributed by atoms with van der Waals surface area (Å²) in [5.74, 6) is -0.841. The molecule has 1 amide bonds. The number of benzene rings is 3. The molecule has 0 aliphatic carbocycles. The SMILES string of the molecule is Cc1ccc2nc(N3C(=O)C(=O)/C(=C(/O)c4ccc5c(c4)CC(C)O5)C3c3ccc(C(C)(C)C)cc3)sc2c1. The minimum atomic E-state index is -0.816. The molecule has 2 atom stereocenters. The number of aliphatic hydroxyl groups is 1. The number of ether oxygens (including phenoxy) is 1. The number of anilines is 1. The zero-order valence-electron chi connectivity index (χ0n) is 22.6. The molecule has 2 aliphatic rings. The summed E-state index contributed by atoms with van der Waals surface area (Å²) in [5.41, 5.74) is 5.17. The van der Waals surface area contributed by atoms with Gasteiger partial charge in [-0.2, -0.15) is 0 Å². The summed E-state index contributed by atoms with van der Waals surface area (Å²) >= 11 is 1.37. The molecule has 6 nitrogen and oxygen atoms in total. The normalized spacial score (nSPS) is 20.5. The smallest absolute Gasteiger partial charge is 0.301 e. The molecule has 0 bridgehead atoms. The summed E-state index contributed by atoms with van der Waals surface area (Å²) in [5, 5.41) is 12.0. The molecule has 2 aliphatic heterocycles. The van der Waals surface area contributed by atoms with Crippen LogP contribution < -0.4 is 9.64 Å². The van der Waals surface area contributed by atoms with Crippen molar-refractivity contribution in [1.82, 2.24) is 4.98 Å². The molecule has 6 rings (SSSR count). The van der Waals surface area contributed by atoms with Gasteiger partial charge in [0.05, 0.1) is 21.8 Å². The van der Waals surface area contributed by atoms with E-state index in [2.05, 4.69) is 20.8 Å². The van der Waals surface area contributed by atoms with Crippen LogP contribution in [0.3, 0.4) is 0 Å². The van der Waals surface area contributed by atoms with Gasteiger partial charge in [-0.05, 0) is 71.8 Å². The lowest BCUT2D eigenvalue weighted by atomic mass is 9.85. The lowest BCUT2D eigenvalue weighted by Gasteiger charge is -2.24. The summed E-state index contributed by atoms with van der Waals surface area (Å²) in [6, 6.07) is 18.4. The van der Waals surface area contributed by atoms with E-state index in [0.717, 1.165) is 38.2 Å². The van der Waals surface area contributed by atoms with Crippen molar-refractivity contribution in [3.05, 3.63) is 94.1 Å². The van der Waals surface area contributed by atoms with Crippen molar-refractivity contribution < 1.29 is 19.4 Å². The van der Waals surface area contributed by atoms with Gasteiger partial charge in [-0.1, -0.05) is 62.4 Å². The number of nitrogens with zero attached hydrogens (tertiary/aromatic N) is 2. The highest BCUT2D eigenvalue weighted by Gasteiger charge is 2.48. The topological polar surface area (TPSA) is 79.7 Å². The third kappa shape index (κ3) is 4.31. The molecule has 7 heteroatoms. The Labute approximate surface area is 231 Å². The molecule has 0 radical (unpaired) electrons. The van der Waals surface area contributed by atoms with Crippen molar-refractivity contribution >= 4 is 44.1 Å². The van der Waals surface area contributed by atoms with Crippen molar-refractivity contribution in [2.24, 2.45) is 0 Å². The van der Waals surface area contributed by atoms with Crippen LogP contribution >= 0.6 is 11.3 Å². The number of carbonyl (C=O) groups excluding carboxylic acids is 2. The van der Waals surface area contributed by atoms with Crippen LogP contribution in [0.15, 0.2) is 66.2 Å². The Morgan fingerprint density at radius 3 is 2.51 bits per heavy atom. The maximum atomic E-state index is 13.6. The molecule has 3 heterocycles. The largest absolute Gasteiger partial charge is 0.507 e. The van der Waals surface area contributed by atoms with E-state index in [1.807, 2.05) is 68.4 Å². The molecule has 198 valence electrons. The van der Waals surface area contributed by atoms with Gasteiger partial charge in [0.25, 0.3) is 5.78 Å². The van der Waals surface area contributed by atoms with Crippen LogP contribution in [0.5, 0.6) is 5.75 Å². The minimum absolute atomic E-state index is 0.0481. The highest BCUT2D eigenvalue weighted by Crippen LogP contribution is 2.45. The molecule has 2 unspecified atom stereocenters. The summed E-state index contributed by atoms with van der Waals surface area (Å²) in [6.45, 7) is 10.4. The first-order chi connectivity index (χ1) is 18.5. The molecular weight excluding hydrogens is 508 g/mol. The van der Waals surface area contributed by atoms with Gasteiger partial charge in [-0.25, -0.2) is 4.98 Å². The molecule has 4 aromatic rings. The summed E-state index contributed by atoms with van der Waals surface area (Å²) < 4.78 is 6.74. The monoisotopic (exact) mass is 538 g/mol. The van der Waals surface area contributed by atoms with Crippen LogP contribution in [0.25, 0.3) is 16.0 Å². The molecule has 3 aromatic carbocycles. The Hall–Kier alpha value is -3.97. The second-order valence-corrected chi connectivity index (χ2v) is 12.5. The maximum absolute atomic E-state index is 13.6. The number of Topliss-reactive ketones (excluding diaryl/α,β-unsaturated/α-hetero) is 1. The van der Waals surface area contributed by atoms with Crippen LogP contribution in [0.2, 0.25) is 0 Å². The third-order valence-electron chi connectivity index (χ3n) is 7.45. The van der Waals surface area contributed by atoms with Gasteiger partial charge in [-0.3, -0.25) is 14.5 Å². The van der Waals surface area contributed by atoms with Gasteiger partial charge in [-0.15, -0.1) is 0 Å². The fourth-order valence-electron chi connectivity index (χ4n) is 5.36. The van der Waals surface area contributed by atoms with Crippen LogP contribution in [0.1, 0.15) is 61.6 Å². The summed E-state index contributed by atoms with van der Waals surface area (Å²) in [4.78, 5) is 33.4. The Kier molecular flexibility index (Phi) is 5.88. The first-order valence-electron chi connectivity index (χ1n) is 13.1. The summed E-state index contributed by atoms with van der Waals surface area (Å²) in [7, 11) is 0. The lowest BCUT2D eigenvalue weighted by Crippen LogP contribution is -2.29. The molecule has 1 N–H and O–H groups in total. The Morgan fingerprint density at radius 2 is 1.79 bits per heavy atom. The van der Waals surface area contributed by atoms with Crippen molar-refractivity contribution in [1.29, 1.82) is 0 Å². The average Bonchev–Trinajstić information content (AvgIpc) is 3.55. The van der Waals surface area contributed by atoms with E-state index in [1.165, 1.54) is 16.2 Å². The van der Waals surface area contributed by atoms with E-state index in [9.17, 15) is 14.7 Å². The number of aliphatic hydroxyl groups excluding tert-OH is 1. The van der Waals surface area contributed by atoms with E-state index in [4.69, 9.17) is 9.72 Å². The minimum Gasteiger partial charge on any atom is -0.507 e. The fourth-order valence-corrected chi connectivity index (χ4v) is 6.45. The number of hydrogen-bond acceptors (Lipinski definition) is 6. The van der Waals surface area contributed by atoms with Crippen LogP contribution in [-0.2, 0) is 21.4 Å².